The second kappa shape index (κ2) is 6.81. The molecule has 2 aromatic rings. The topological polar surface area (TPSA) is 61.8 Å². The van der Waals surface area contributed by atoms with Crippen molar-refractivity contribution < 1.29 is 23.8 Å². The maximum absolute atomic E-state index is 12.1. The van der Waals surface area contributed by atoms with Gasteiger partial charge in [0, 0.05) is 13.8 Å². The second-order valence-corrected chi connectivity index (χ2v) is 6.04. The lowest BCUT2D eigenvalue weighted by atomic mass is 10.0. The van der Waals surface area contributed by atoms with Crippen LogP contribution in [0.2, 0.25) is 0 Å². The van der Waals surface area contributed by atoms with Gasteiger partial charge in [0.1, 0.15) is 17.9 Å². The van der Waals surface area contributed by atoms with E-state index in [0.717, 1.165) is 11.3 Å². The number of rotatable bonds is 4. The molecule has 0 amide bonds. The number of ether oxygens (including phenoxy) is 3. The highest BCUT2D eigenvalue weighted by atomic mass is 16.7. The number of cyclic esters (lactones) is 2. The van der Waals surface area contributed by atoms with Gasteiger partial charge >= 0.3 is 11.9 Å². The molecule has 1 aliphatic heterocycles. The zero-order valence-electron chi connectivity index (χ0n) is 14.0. The Bertz CT molecular complexity index is 799. The lowest BCUT2D eigenvalue weighted by molar-refractivity contribution is -0.222. The van der Waals surface area contributed by atoms with E-state index in [4.69, 9.17) is 14.2 Å². The molecule has 2 aromatic carbocycles. The van der Waals surface area contributed by atoms with Crippen molar-refractivity contribution >= 4 is 18.0 Å². The Morgan fingerprint density at radius 1 is 0.920 bits per heavy atom. The molecule has 0 bridgehead atoms. The molecule has 5 nitrogen and oxygen atoms in total. The average molecular weight is 338 g/mol. The van der Waals surface area contributed by atoms with E-state index in [1.165, 1.54) is 19.9 Å². The van der Waals surface area contributed by atoms with Crippen molar-refractivity contribution in [1.29, 1.82) is 0 Å². The molecule has 0 N–H and O–H groups in total. The Morgan fingerprint density at radius 2 is 1.52 bits per heavy atom. The third kappa shape index (κ3) is 4.07. The van der Waals surface area contributed by atoms with Gasteiger partial charge in [-0.05, 0) is 29.3 Å². The van der Waals surface area contributed by atoms with Gasteiger partial charge in [-0.2, -0.15) is 0 Å². The number of carbonyl (C=O) groups is 2. The summed E-state index contributed by atoms with van der Waals surface area (Å²) in [5, 5.41) is 0. The van der Waals surface area contributed by atoms with Gasteiger partial charge in [0.25, 0.3) is 5.79 Å². The van der Waals surface area contributed by atoms with Crippen LogP contribution >= 0.6 is 0 Å². The number of esters is 2. The Labute approximate surface area is 145 Å². The minimum absolute atomic E-state index is 0.133. The Balaban J connectivity index is 1.83. The van der Waals surface area contributed by atoms with E-state index >= 15 is 0 Å². The smallest absolute Gasteiger partial charge is 0.348 e. The fourth-order valence-electron chi connectivity index (χ4n) is 2.42. The number of carbonyl (C=O) groups excluding carboxylic acids is 2. The number of para-hydroxylation sites is 1. The highest BCUT2D eigenvalue weighted by Gasteiger charge is 2.38. The Kier molecular flexibility index (Phi) is 4.57. The Hall–Kier alpha value is -3.08. The van der Waals surface area contributed by atoms with E-state index < -0.39 is 17.7 Å². The zero-order chi connectivity index (χ0) is 17.9. The minimum Gasteiger partial charge on any atom is -0.489 e. The lowest BCUT2D eigenvalue weighted by Gasteiger charge is -2.29. The van der Waals surface area contributed by atoms with Crippen LogP contribution in [0, 0.1) is 0 Å². The Morgan fingerprint density at radius 3 is 2.20 bits per heavy atom. The van der Waals surface area contributed by atoms with Crippen LogP contribution in [-0.4, -0.2) is 17.7 Å². The van der Waals surface area contributed by atoms with Crippen LogP contribution in [-0.2, 0) is 25.7 Å². The predicted octanol–water partition coefficient (Wildman–Crippen LogP) is 3.49. The van der Waals surface area contributed by atoms with Crippen LogP contribution < -0.4 is 4.74 Å². The molecule has 0 aliphatic carbocycles. The van der Waals surface area contributed by atoms with Crippen LogP contribution in [0.4, 0.5) is 0 Å². The van der Waals surface area contributed by atoms with Crippen molar-refractivity contribution in [3.63, 3.8) is 0 Å². The summed E-state index contributed by atoms with van der Waals surface area (Å²) < 4.78 is 16.0. The van der Waals surface area contributed by atoms with Crippen molar-refractivity contribution in [2.45, 2.75) is 26.2 Å². The number of benzene rings is 2. The van der Waals surface area contributed by atoms with Gasteiger partial charge in [0.05, 0.1) is 0 Å². The van der Waals surface area contributed by atoms with Crippen molar-refractivity contribution in [2.24, 2.45) is 0 Å². The van der Waals surface area contributed by atoms with E-state index in [1.54, 1.807) is 6.07 Å². The minimum atomic E-state index is -1.25. The number of hydrogen-bond donors (Lipinski definition) is 0. The monoisotopic (exact) mass is 338 g/mol. The summed E-state index contributed by atoms with van der Waals surface area (Å²) in [6.45, 7) is 3.34. The maximum Gasteiger partial charge on any atom is 0.348 e. The van der Waals surface area contributed by atoms with Gasteiger partial charge in [0.15, 0.2) is 0 Å². The summed E-state index contributed by atoms with van der Waals surface area (Å²) >= 11 is 0. The summed E-state index contributed by atoms with van der Waals surface area (Å²) in [5.74, 6) is -1.90. The van der Waals surface area contributed by atoms with E-state index in [9.17, 15) is 9.59 Å². The first-order chi connectivity index (χ1) is 11.9. The molecule has 3 rings (SSSR count). The normalized spacial score (nSPS) is 16.0. The van der Waals surface area contributed by atoms with Crippen LogP contribution in [0.15, 0.2) is 60.2 Å². The van der Waals surface area contributed by atoms with E-state index in [2.05, 4.69) is 0 Å². The van der Waals surface area contributed by atoms with Crippen LogP contribution in [0.5, 0.6) is 5.75 Å². The fraction of sp³-hybridized carbons (Fsp3) is 0.200. The molecule has 1 aliphatic rings. The third-order valence-electron chi connectivity index (χ3n) is 3.61. The molecule has 1 saturated heterocycles. The van der Waals surface area contributed by atoms with Crippen molar-refractivity contribution in [2.75, 3.05) is 0 Å². The van der Waals surface area contributed by atoms with Crippen LogP contribution in [0.3, 0.4) is 0 Å². The largest absolute Gasteiger partial charge is 0.489 e. The molecule has 0 unspecified atom stereocenters. The summed E-state index contributed by atoms with van der Waals surface area (Å²) in [4.78, 5) is 24.2. The summed E-state index contributed by atoms with van der Waals surface area (Å²) in [5.41, 5.74) is 1.40. The molecule has 0 aromatic heterocycles. The molecular weight excluding hydrogens is 320 g/mol. The first-order valence-electron chi connectivity index (χ1n) is 7.89. The van der Waals surface area contributed by atoms with Gasteiger partial charge in [-0.3, -0.25) is 0 Å². The molecule has 25 heavy (non-hydrogen) atoms. The quantitative estimate of drug-likeness (QED) is 0.485. The van der Waals surface area contributed by atoms with Crippen molar-refractivity contribution in [3.05, 3.63) is 71.3 Å². The standard InChI is InChI=1S/C20H18O5/c1-20(2)24-18(21)17(19(22)25-20)12-14-8-6-7-9-15(14)13-23-16-10-4-3-5-11-16/h3-12H,13H2,1-2H3. The zero-order valence-corrected chi connectivity index (χ0v) is 14.0. The maximum atomic E-state index is 12.1. The van der Waals surface area contributed by atoms with E-state index in [0.29, 0.717) is 12.2 Å². The third-order valence-corrected chi connectivity index (χ3v) is 3.61. The van der Waals surface area contributed by atoms with Gasteiger partial charge in [0.2, 0.25) is 0 Å². The molecule has 1 fully saturated rings. The molecule has 0 saturated carbocycles. The van der Waals surface area contributed by atoms with Gasteiger partial charge in [-0.1, -0.05) is 42.5 Å². The molecule has 0 radical (unpaired) electrons. The lowest BCUT2D eigenvalue weighted by Crippen LogP contribution is -2.41. The van der Waals surface area contributed by atoms with Gasteiger partial charge < -0.3 is 14.2 Å². The summed E-state index contributed by atoms with van der Waals surface area (Å²) in [7, 11) is 0. The van der Waals surface area contributed by atoms with E-state index in [1.807, 2.05) is 48.5 Å². The molecule has 5 heteroatoms. The van der Waals surface area contributed by atoms with Crippen LogP contribution in [0.1, 0.15) is 25.0 Å². The second-order valence-electron chi connectivity index (χ2n) is 6.04. The molecule has 128 valence electrons. The highest BCUT2D eigenvalue weighted by molar-refractivity contribution is 6.18. The summed E-state index contributed by atoms with van der Waals surface area (Å²) in [6, 6.07) is 16.8. The molecule has 0 spiro atoms. The SMILES string of the molecule is CC1(C)OC(=O)C(=Cc2ccccc2COc2ccccc2)C(=O)O1. The predicted molar refractivity (Wildman–Crippen MR) is 91.5 cm³/mol. The van der Waals surface area contributed by atoms with Gasteiger partial charge in [-0.15, -0.1) is 0 Å². The van der Waals surface area contributed by atoms with Crippen molar-refractivity contribution in [3.8, 4) is 5.75 Å². The summed E-state index contributed by atoms with van der Waals surface area (Å²) in [6.07, 6.45) is 1.48. The first-order valence-corrected chi connectivity index (χ1v) is 7.89. The highest BCUT2D eigenvalue weighted by Crippen LogP contribution is 2.25. The molecule has 0 atom stereocenters. The number of hydrogen-bond acceptors (Lipinski definition) is 5. The average Bonchev–Trinajstić information content (AvgIpc) is 2.57. The van der Waals surface area contributed by atoms with E-state index in [-0.39, 0.29) is 5.57 Å². The van der Waals surface area contributed by atoms with Crippen molar-refractivity contribution in [1.82, 2.24) is 0 Å². The molecule has 1 heterocycles. The van der Waals surface area contributed by atoms with Crippen LogP contribution in [0.25, 0.3) is 6.08 Å². The first kappa shape index (κ1) is 16.8. The van der Waals surface area contributed by atoms with Gasteiger partial charge in [-0.25, -0.2) is 9.59 Å². The molecular formula is C20H18O5. The fourth-order valence-corrected chi connectivity index (χ4v) is 2.42.